The average molecular weight is 1120 g/mol. The minimum absolute atomic E-state index is 0.0200. The number of halogens is 2. The van der Waals surface area contributed by atoms with Crippen LogP contribution < -0.4 is 15.8 Å². The molecule has 0 spiro atoms. The van der Waals surface area contributed by atoms with Crippen molar-refractivity contribution in [3.63, 3.8) is 0 Å². The van der Waals surface area contributed by atoms with E-state index >= 15 is 8.78 Å². The second kappa shape index (κ2) is 27.3. The van der Waals surface area contributed by atoms with Crippen molar-refractivity contribution in [2.24, 2.45) is 7.05 Å². The van der Waals surface area contributed by atoms with Crippen molar-refractivity contribution >= 4 is 80.7 Å². The van der Waals surface area contributed by atoms with Crippen molar-refractivity contribution in [1.29, 1.82) is 0 Å². The van der Waals surface area contributed by atoms with Crippen molar-refractivity contribution in [2.75, 3.05) is 88.6 Å². The molecule has 0 radical (unpaired) electrons. The number of benzene rings is 3. The van der Waals surface area contributed by atoms with Gasteiger partial charge < -0.3 is 44.6 Å². The lowest BCUT2D eigenvalue weighted by atomic mass is 9.88. The predicted molar refractivity (Wildman–Crippen MR) is 301 cm³/mol. The van der Waals surface area contributed by atoms with Gasteiger partial charge in [-0.05, 0) is 74.1 Å². The zero-order chi connectivity index (χ0) is 55.3. The second-order valence-electron chi connectivity index (χ2n) is 19.5. The summed E-state index contributed by atoms with van der Waals surface area (Å²) >= 11 is 2.93. The predicted octanol–water partition coefficient (Wildman–Crippen LogP) is 8.15. The summed E-state index contributed by atoms with van der Waals surface area (Å²) in [5.41, 5.74) is 11.2. The molecule has 3 amide bonds. The highest BCUT2D eigenvalue weighted by Crippen LogP contribution is 2.44. The maximum Gasteiger partial charge on any atom is 0.224 e. The van der Waals surface area contributed by atoms with Crippen molar-refractivity contribution in [2.45, 2.75) is 76.7 Å². The number of rotatable bonds is 26. The first-order valence-corrected chi connectivity index (χ1v) is 28.7. The van der Waals surface area contributed by atoms with Gasteiger partial charge in [0, 0.05) is 98.3 Å². The van der Waals surface area contributed by atoms with Crippen LogP contribution in [-0.4, -0.2) is 146 Å². The van der Waals surface area contributed by atoms with Gasteiger partial charge in [-0.1, -0.05) is 37.1 Å². The molecule has 0 atom stereocenters. The third-order valence-corrected chi connectivity index (χ3v) is 16.5. The molecular formula is C56H66F2N12O7S2. The molecule has 0 saturated carbocycles. The Bertz CT molecular complexity index is 3250. The van der Waals surface area contributed by atoms with Crippen molar-refractivity contribution in [3.8, 4) is 33.0 Å². The molecular weight excluding hydrogens is 1050 g/mol. The lowest BCUT2D eigenvalue weighted by Crippen LogP contribution is -2.38. The lowest BCUT2D eigenvalue weighted by Gasteiger charge is -2.31. The van der Waals surface area contributed by atoms with Crippen LogP contribution in [0, 0.1) is 11.6 Å². The molecule has 7 aromatic rings. The molecule has 9 rings (SSSR count). The Morgan fingerprint density at radius 3 is 2.25 bits per heavy atom. The number of ether oxygens (including phenoxy) is 3. The van der Waals surface area contributed by atoms with Crippen LogP contribution in [-0.2, 0) is 47.0 Å². The summed E-state index contributed by atoms with van der Waals surface area (Å²) in [5.74, 6) is -0.0620. The van der Waals surface area contributed by atoms with Crippen molar-refractivity contribution < 1.29 is 42.2 Å². The van der Waals surface area contributed by atoms with Crippen LogP contribution in [0.4, 0.5) is 20.4 Å². The third-order valence-electron chi connectivity index (χ3n) is 14.2. The number of likely N-dealkylation sites (tertiary alicyclic amines) is 2. The van der Waals surface area contributed by atoms with Crippen molar-refractivity contribution in [3.05, 3.63) is 89.3 Å². The zero-order valence-corrected chi connectivity index (χ0v) is 46.1. The van der Waals surface area contributed by atoms with Crippen LogP contribution in [0.25, 0.3) is 54.8 Å². The van der Waals surface area contributed by atoms with Gasteiger partial charge in [0.05, 0.1) is 102 Å². The Kier molecular flexibility index (Phi) is 19.6. The second-order valence-corrected chi connectivity index (χ2v) is 21.4. The summed E-state index contributed by atoms with van der Waals surface area (Å²) in [7, 11) is 1.81. The first-order valence-electron chi connectivity index (χ1n) is 26.9. The first-order chi connectivity index (χ1) is 38.5. The number of thiazole rings is 1. The molecule has 0 bridgehead atoms. The smallest absolute Gasteiger partial charge is 0.224 e. The van der Waals surface area contributed by atoms with E-state index in [9.17, 15) is 19.2 Å². The van der Waals surface area contributed by atoms with Gasteiger partial charge >= 0.3 is 0 Å². The van der Waals surface area contributed by atoms with Gasteiger partial charge in [-0.25, -0.2) is 23.7 Å². The largest absolute Gasteiger partial charge is 0.379 e. The topological polar surface area (TPSA) is 227 Å². The van der Waals surface area contributed by atoms with E-state index in [4.69, 9.17) is 30.0 Å². The van der Waals surface area contributed by atoms with Crippen LogP contribution in [0.5, 0.6) is 0 Å². The number of nitrogens with one attached hydrogen (secondary N) is 2. The minimum Gasteiger partial charge on any atom is -0.379 e. The Morgan fingerprint density at radius 1 is 0.823 bits per heavy atom. The van der Waals surface area contributed by atoms with Gasteiger partial charge in [-0.15, -0.1) is 11.3 Å². The number of piperidine rings is 2. The number of carbonyl (C=O) groups is 4. The van der Waals surface area contributed by atoms with E-state index < -0.39 is 0 Å². The molecule has 23 heteroatoms. The van der Waals surface area contributed by atoms with Gasteiger partial charge in [-0.3, -0.25) is 23.7 Å². The van der Waals surface area contributed by atoms with Gasteiger partial charge in [0.1, 0.15) is 12.1 Å². The molecule has 3 aromatic carbocycles. The van der Waals surface area contributed by atoms with E-state index in [2.05, 4.69) is 32.0 Å². The van der Waals surface area contributed by atoms with Crippen LogP contribution >= 0.6 is 23.3 Å². The molecule has 6 heterocycles. The van der Waals surface area contributed by atoms with Crippen LogP contribution in [0.15, 0.2) is 67.0 Å². The summed E-state index contributed by atoms with van der Waals surface area (Å²) in [6.07, 6.45) is 8.04. The first kappa shape index (κ1) is 56.8. The van der Waals surface area contributed by atoms with Gasteiger partial charge in [0.25, 0.3) is 0 Å². The van der Waals surface area contributed by atoms with Gasteiger partial charge in [0.2, 0.25) is 23.7 Å². The number of hydrogen-bond donors (Lipinski definition) is 3. The Morgan fingerprint density at radius 2 is 1.52 bits per heavy atom. The number of nitrogens with two attached hydrogens (primary N) is 1. The third kappa shape index (κ3) is 13.9. The number of fused-ring (bicyclic) bond motifs is 2. The van der Waals surface area contributed by atoms with E-state index in [0.717, 1.165) is 45.6 Å². The lowest BCUT2D eigenvalue weighted by molar-refractivity contribution is -0.134. The number of aromatic nitrogens is 7. The summed E-state index contributed by atoms with van der Waals surface area (Å²) < 4.78 is 55.0. The van der Waals surface area contributed by atoms with E-state index in [0.29, 0.717) is 129 Å². The normalized spacial score (nSPS) is 14.4. The SMILES string of the molecule is CCCSNc1cccc(-c2nc(C3CCN(C(=O)CCOCCOCCOCCNC(=O)CCC(=O)N4CCC(c5nn(CC=O)c6cccc(-c7cc8c(cnn8C)cc7F)c56)CC4)CC3)sc2-c2ccnc(N)n2)c1F. The monoisotopic (exact) mass is 1120 g/mol. The Balaban J connectivity index is 0.626. The van der Waals surface area contributed by atoms with Crippen LogP contribution in [0.2, 0.25) is 0 Å². The molecule has 2 aliphatic rings. The Hall–Kier alpha value is -6.92. The molecule has 2 fully saturated rings. The number of aryl methyl sites for hydroxylation is 1. The number of aldehydes is 1. The molecule has 4 N–H and O–H groups in total. The molecule has 4 aromatic heterocycles. The fourth-order valence-electron chi connectivity index (χ4n) is 10.1. The number of amides is 3. The number of nitrogens with zero attached hydrogens (tertiary/aromatic N) is 9. The molecule has 19 nitrogen and oxygen atoms in total. The maximum absolute atomic E-state index is 16.0. The molecule has 0 unspecified atom stereocenters. The van der Waals surface area contributed by atoms with Crippen LogP contribution in [0.1, 0.15) is 80.8 Å². The van der Waals surface area contributed by atoms with E-state index in [-0.39, 0.29) is 86.2 Å². The summed E-state index contributed by atoms with van der Waals surface area (Å²) in [4.78, 5) is 68.4. The highest BCUT2D eigenvalue weighted by Gasteiger charge is 2.31. The highest BCUT2D eigenvalue weighted by atomic mass is 32.2. The molecule has 0 aliphatic carbocycles. The zero-order valence-electron chi connectivity index (χ0n) is 44.5. The summed E-state index contributed by atoms with van der Waals surface area (Å²) in [6, 6.07) is 15.9. The van der Waals surface area contributed by atoms with Crippen LogP contribution in [0.3, 0.4) is 0 Å². The maximum atomic E-state index is 16.0. The van der Waals surface area contributed by atoms with Crippen molar-refractivity contribution in [1.82, 2.24) is 49.6 Å². The quantitative estimate of drug-likeness (QED) is 0.0264. The van der Waals surface area contributed by atoms with E-state index in [1.165, 1.54) is 29.4 Å². The summed E-state index contributed by atoms with van der Waals surface area (Å²) in [6.45, 7) is 6.40. The van der Waals surface area contributed by atoms with Gasteiger partial charge in [-0.2, -0.15) is 10.2 Å². The number of nitrogen functional groups attached to an aromatic ring is 1. The Labute approximate surface area is 465 Å². The fourth-order valence-corrected chi connectivity index (χ4v) is 12.0. The minimum atomic E-state index is -0.385. The number of carbonyl (C=O) groups excluding carboxylic acids is 4. The number of hydrogen-bond acceptors (Lipinski definition) is 16. The van der Waals surface area contributed by atoms with E-state index in [1.807, 2.05) is 36.2 Å². The fraction of sp³-hybridized carbons (Fsp3) is 0.446. The molecule has 2 saturated heterocycles. The van der Waals surface area contributed by atoms with Gasteiger partial charge in [0.15, 0.2) is 5.82 Å². The summed E-state index contributed by atoms with van der Waals surface area (Å²) in [5, 5.41) is 14.3. The number of anilines is 2. The molecule has 79 heavy (non-hydrogen) atoms. The van der Waals surface area contributed by atoms with E-state index in [1.54, 1.807) is 50.9 Å². The highest BCUT2D eigenvalue weighted by molar-refractivity contribution is 8.00. The molecule has 2 aliphatic heterocycles. The standard InChI is InChI=1S/C56H66F2N12O7S2/c1-3-32-78-66-43-8-4-7-40(51(43)58)53-54(44-12-18-61-56(59)63-44)79-55(64-53)37-15-22-69(23-16-37)49(74)17-26-75-28-30-77-31-29-76-27-19-60-47(72)10-11-48(73)68-20-13-36(14-21-68)52-50-39(6-5-9-45(50)70(65-52)24-25-71)41-34-46-38(33-42(41)57)35-62-67(46)2/h4-9,12,18,25,33-37,66H,3,10-11,13-17,19-24,26-32H2,1-2H3,(H,60,72)(H2,59,61,63). The average Bonchev–Trinajstić information content (AvgIpc) is 4.30. The molecule has 418 valence electrons.